The summed E-state index contributed by atoms with van der Waals surface area (Å²) >= 11 is 0. The lowest BCUT2D eigenvalue weighted by Crippen LogP contribution is -1.94. The molecule has 0 unspecified atom stereocenters. The monoisotopic (exact) mass is 226 g/mol. The zero-order valence-corrected chi connectivity index (χ0v) is 9.73. The Morgan fingerprint density at radius 1 is 1.24 bits per heavy atom. The Labute approximate surface area is 100 Å². The molecule has 0 spiro atoms. The van der Waals surface area contributed by atoms with Crippen LogP contribution in [0.4, 0.5) is 5.69 Å². The molecule has 0 aliphatic carbocycles. The Hall–Kier alpha value is -2.03. The van der Waals surface area contributed by atoms with E-state index in [1.165, 1.54) is 5.56 Å². The quantitative estimate of drug-likeness (QED) is 0.813. The summed E-state index contributed by atoms with van der Waals surface area (Å²) in [6.45, 7) is 2.71. The van der Waals surface area contributed by atoms with Crippen LogP contribution in [-0.4, -0.2) is 11.6 Å². The van der Waals surface area contributed by atoms with Crippen molar-refractivity contribution in [3.05, 3.63) is 41.6 Å². The highest BCUT2D eigenvalue weighted by atomic mass is 16.5. The van der Waals surface area contributed by atoms with Crippen molar-refractivity contribution in [2.45, 2.75) is 13.3 Å². The molecule has 2 aromatic rings. The summed E-state index contributed by atoms with van der Waals surface area (Å²) < 4.78 is 5.49. The second-order valence-corrected chi connectivity index (χ2v) is 4.29. The molecule has 1 aromatic heterocycles. The first-order valence-electron chi connectivity index (χ1n) is 5.73. The predicted octanol–water partition coefficient (Wildman–Crippen LogP) is 2.57. The zero-order chi connectivity index (χ0) is 11.8. The fourth-order valence-corrected chi connectivity index (χ4v) is 2.08. The van der Waals surface area contributed by atoms with Crippen LogP contribution in [0.2, 0.25) is 0 Å². The number of anilines is 1. The van der Waals surface area contributed by atoms with Crippen molar-refractivity contribution in [3.63, 3.8) is 0 Å². The number of rotatable bonds is 1. The van der Waals surface area contributed by atoms with E-state index in [4.69, 9.17) is 10.5 Å². The number of hydrogen-bond acceptors (Lipinski definition) is 3. The predicted molar refractivity (Wildman–Crippen MR) is 68.0 cm³/mol. The summed E-state index contributed by atoms with van der Waals surface area (Å²) in [5, 5.41) is 0. The molecule has 1 aromatic carbocycles. The highest BCUT2D eigenvalue weighted by Crippen LogP contribution is 2.30. The molecule has 0 amide bonds. The maximum Gasteiger partial charge on any atom is 0.122 e. The number of ether oxygens (including phenoxy) is 1. The Balaban J connectivity index is 2.06. The molecule has 2 N–H and O–H groups in total. The van der Waals surface area contributed by atoms with E-state index < -0.39 is 0 Å². The summed E-state index contributed by atoms with van der Waals surface area (Å²) in [4.78, 5) is 4.50. The van der Waals surface area contributed by atoms with Gasteiger partial charge in [-0.25, -0.2) is 0 Å². The van der Waals surface area contributed by atoms with Crippen molar-refractivity contribution in [1.82, 2.24) is 4.98 Å². The molecule has 1 aliphatic heterocycles. The van der Waals surface area contributed by atoms with E-state index >= 15 is 0 Å². The van der Waals surface area contributed by atoms with Crippen molar-refractivity contribution in [2.24, 2.45) is 0 Å². The van der Waals surface area contributed by atoms with Gasteiger partial charge in [0.25, 0.3) is 0 Å². The smallest absolute Gasteiger partial charge is 0.122 e. The van der Waals surface area contributed by atoms with Crippen LogP contribution >= 0.6 is 0 Å². The summed E-state index contributed by atoms with van der Waals surface area (Å²) in [7, 11) is 0. The second-order valence-electron chi connectivity index (χ2n) is 4.29. The third-order valence-electron chi connectivity index (χ3n) is 3.11. The minimum atomic E-state index is 0.734. The largest absolute Gasteiger partial charge is 0.493 e. The Bertz CT molecular complexity index is 578. The van der Waals surface area contributed by atoms with Crippen LogP contribution in [0.15, 0.2) is 30.3 Å². The topological polar surface area (TPSA) is 48.1 Å². The molecule has 2 heterocycles. The number of nitrogens with zero attached hydrogens (tertiary/aromatic N) is 1. The molecule has 86 valence electrons. The average molecular weight is 226 g/mol. The minimum Gasteiger partial charge on any atom is -0.493 e. The fraction of sp³-hybridized carbons (Fsp3) is 0.214. The molecule has 3 nitrogen and oxygen atoms in total. The number of nitrogens with two attached hydrogens (primary N) is 1. The van der Waals surface area contributed by atoms with E-state index in [0.29, 0.717) is 0 Å². The average Bonchev–Trinajstić information content (AvgIpc) is 2.79. The number of aryl methyl sites for hydroxylation is 1. The normalized spacial score (nSPS) is 13.2. The van der Waals surface area contributed by atoms with Crippen LogP contribution in [0.1, 0.15) is 11.3 Å². The molecule has 3 heteroatoms. The van der Waals surface area contributed by atoms with Gasteiger partial charge in [-0.05, 0) is 42.8 Å². The van der Waals surface area contributed by atoms with Gasteiger partial charge in [0.15, 0.2) is 0 Å². The third kappa shape index (κ3) is 1.73. The molecule has 17 heavy (non-hydrogen) atoms. The van der Waals surface area contributed by atoms with E-state index in [2.05, 4.69) is 11.1 Å². The van der Waals surface area contributed by atoms with Crippen molar-refractivity contribution in [2.75, 3.05) is 12.3 Å². The lowest BCUT2D eigenvalue weighted by molar-refractivity contribution is 0.357. The Kier molecular flexibility index (Phi) is 2.25. The second kappa shape index (κ2) is 3.77. The molecule has 3 rings (SSSR count). The lowest BCUT2D eigenvalue weighted by Gasteiger charge is -2.06. The summed E-state index contributed by atoms with van der Waals surface area (Å²) in [6.07, 6.45) is 0.983. The van der Waals surface area contributed by atoms with Gasteiger partial charge in [0, 0.05) is 12.0 Å². The highest BCUT2D eigenvalue weighted by Gasteiger charge is 2.13. The summed E-state index contributed by atoms with van der Waals surface area (Å²) in [5.41, 5.74) is 10.7. The van der Waals surface area contributed by atoms with Crippen LogP contribution in [-0.2, 0) is 6.42 Å². The van der Waals surface area contributed by atoms with E-state index in [1.54, 1.807) is 0 Å². The first-order chi connectivity index (χ1) is 8.24. The van der Waals surface area contributed by atoms with E-state index in [9.17, 15) is 0 Å². The van der Waals surface area contributed by atoms with Gasteiger partial charge < -0.3 is 10.5 Å². The molecule has 0 saturated carbocycles. The van der Waals surface area contributed by atoms with Crippen LogP contribution in [0, 0.1) is 6.92 Å². The highest BCUT2D eigenvalue weighted by molar-refractivity contribution is 5.64. The lowest BCUT2D eigenvalue weighted by atomic mass is 10.1. The minimum absolute atomic E-state index is 0.734. The van der Waals surface area contributed by atoms with Crippen LogP contribution in [0.5, 0.6) is 5.75 Å². The van der Waals surface area contributed by atoms with Gasteiger partial charge in [0.2, 0.25) is 0 Å². The van der Waals surface area contributed by atoms with Gasteiger partial charge in [-0.3, -0.25) is 4.98 Å². The van der Waals surface area contributed by atoms with E-state index in [0.717, 1.165) is 41.4 Å². The standard InChI is InChI=1S/C14H14N2O/c1-9-12(15)3-4-13(16-9)10-2-5-14-11(8-10)6-7-17-14/h2-5,8H,6-7,15H2,1H3. The van der Waals surface area contributed by atoms with E-state index in [-0.39, 0.29) is 0 Å². The number of pyridine rings is 1. The van der Waals surface area contributed by atoms with Gasteiger partial charge in [0.1, 0.15) is 5.75 Å². The number of fused-ring (bicyclic) bond motifs is 1. The summed E-state index contributed by atoms with van der Waals surface area (Å²) in [5.74, 6) is 1.00. The van der Waals surface area contributed by atoms with Gasteiger partial charge >= 0.3 is 0 Å². The number of hydrogen-bond donors (Lipinski definition) is 1. The van der Waals surface area contributed by atoms with Crippen LogP contribution < -0.4 is 10.5 Å². The first kappa shape index (κ1) is 10.1. The summed E-state index contributed by atoms with van der Waals surface area (Å²) in [6, 6.07) is 10.1. The van der Waals surface area contributed by atoms with E-state index in [1.807, 2.05) is 31.2 Å². The SMILES string of the molecule is Cc1nc(-c2ccc3c(c2)CCO3)ccc1N. The molecule has 0 bridgehead atoms. The van der Waals surface area contributed by atoms with Gasteiger partial charge in [-0.15, -0.1) is 0 Å². The Morgan fingerprint density at radius 3 is 2.94 bits per heavy atom. The van der Waals surface area contributed by atoms with Gasteiger partial charge in [0.05, 0.1) is 23.7 Å². The van der Waals surface area contributed by atoms with Crippen LogP contribution in [0.25, 0.3) is 11.3 Å². The Morgan fingerprint density at radius 2 is 2.12 bits per heavy atom. The van der Waals surface area contributed by atoms with Crippen molar-refractivity contribution in [1.29, 1.82) is 0 Å². The molecular weight excluding hydrogens is 212 g/mol. The van der Waals surface area contributed by atoms with Crippen molar-refractivity contribution < 1.29 is 4.74 Å². The molecule has 0 atom stereocenters. The number of benzene rings is 1. The van der Waals surface area contributed by atoms with Crippen LogP contribution in [0.3, 0.4) is 0 Å². The third-order valence-corrected chi connectivity index (χ3v) is 3.11. The molecular formula is C14H14N2O. The van der Waals surface area contributed by atoms with Crippen molar-refractivity contribution >= 4 is 5.69 Å². The number of aromatic nitrogens is 1. The number of nitrogen functional groups attached to an aromatic ring is 1. The fourth-order valence-electron chi connectivity index (χ4n) is 2.08. The first-order valence-corrected chi connectivity index (χ1v) is 5.73. The molecule has 0 fully saturated rings. The maximum absolute atomic E-state index is 5.77. The molecule has 0 saturated heterocycles. The van der Waals surface area contributed by atoms with Crippen molar-refractivity contribution in [3.8, 4) is 17.0 Å². The molecule has 0 radical (unpaired) electrons. The molecule has 1 aliphatic rings. The maximum atomic E-state index is 5.77. The van der Waals surface area contributed by atoms with Gasteiger partial charge in [-0.1, -0.05) is 0 Å². The zero-order valence-electron chi connectivity index (χ0n) is 9.73. The van der Waals surface area contributed by atoms with Gasteiger partial charge in [-0.2, -0.15) is 0 Å².